The Labute approximate surface area is 203 Å². The molecule has 0 radical (unpaired) electrons. The summed E-state index contributed by atoms with van der Waals surface area (Å²) in [5.41, 5.74) is 4.88. The maximum absolute atomic E-state index is 12.4. The smallest absolute Gasteiger partial charge is 0.335 e. The third-order valence-corrected chi connectivity index (χ3v) is 6.36. The van der Waals surface area contributed by atoms with E-state index < -0.39 is 17.7 Å². The molecule has 0 bridgehead atoms. The summed E-state index contributed by atoms with van der Waals surface area (Å²) >= 11 is 0. The molecule has 178 valence electrons. The summed E-state index contributed by atoms with van der Waals surface area (Å²) in [5, 5.41) is 12.1. The van der Waals surface area contributed by atoms with Gasteiger partial charge in [0.2, 0.25) is 0 Å². The van der Waals surface area contributed by atoms with E-state index >= 15 is 0 Å². The van der Waals surface area contributed by atoms with Gasteiger partial charge in [-0.2, -0.15) is 0 Å². The Balaban J connectivity index is 1.90. The third-order valence-electron chi connectivity index (χ3n) is 6.36. The number of aromatic nitrogens is 1. The van der Waals surface area contributed by atoms with Gasteiger partial charge in [-0.05, 0) is 91.1 Å². The van der Waals surface area contributed by atoms with Crippen LogP contribution in [0.5, 0.6) is 5.75 Å². The second-order valence-corrected chi connectivity index (χ2v) is 9.91. The molecule has 1 aromatic heterocycles. The van der Waals surface area contributed by atoms with Gasteiger partial charge < -0.3 is 19.4 Å². The van der Waals surface area contributed by atoms with Crippen molar-refractivity contribution < 1.29 is 24.2 Å². The first-order valence-corrected chi connectivity index (χ1v) is 11.7. The van der Waals surface area contributed by atoms with E-state index in [2.05, 4.69) is 0 Å². The second-order valence-electron chi connectivity index (χ2n) is 9.91. The maximum atomic E-state index is 12.4. The molecule has 0 amide bonds. The zero-order chi connectivity index (χ0) is 24.9. The van der Waals surface area contributed by atoms with Crippen LogP contribution in [0.3, 0.4) is 0 Å². The Morgan fingerprint density at radius 2 is 1.97 bits per heavy atom. The average molecular weight is 470 g/mol. The Morgan fingerprint density at radius 3 is 2.69 bits per heavy atom. The molecular formula is C29H27NO5. The van der Waals surface area contributed by atoms with Crippen LogP contribution in [0.25, 0.3) is 32.8 Å². The topological polar surface area (TPSA) is 85.7 Å². The minimum Gasteiger partial charge on any atom is -0.493 e. The van der Waals surface area contributed by atoms with Gasteiger partial charge in [0.25, 0.3) is 0 Å². The first-order chi connectivity index (χ1) is 16.7. The lowest BCUT2D eigenvalue weighted by Crippen LogP contribution is -2.24. The van der Waals surface area contributed by atoms with Gasteiger partial charge in [0.05, 0.1) is 23.3 Å². The Bertz CT molecular complexity index is 1490. The fraction of sp³-hybridized carbons (Fsp3) is 0.276. The van der Waals surface area contributed by atoms with Crippen LogP contribution in [0.4, 0.5) is 0 Å². The van der Waals surface area contributed by atoms with Crippen LogP contribution in [0.1, 0.15) is 53.9 Å². The average Bonchev–Trinajstić information content (AvgIpc) is 2.82. The number of carboxylic acid groups (broad SMARTS) is 1. The number of benzene rings is 3. The molecule has 0 aliphatic carbocycles. The second kappa shape index (κ2) is 8.47. The summed E-state index contributed by atoms with van der Waals surface area (Å²) in [6.07, 6.45) is 2.62. The molecule has 1 unspecified atom stereocenters. The Morgan fingerprint density at radius 1 is 1.17 bits per heavy atom. The molecule has 1 N–H and O–H groups in total. The van der Waals surface area contributed by atoms with E-state index in [0.29, 0.717) is 6.61 Å². The van der Waals surface area contributed by atoms with Crippen molar-refractivity contribution >= 4 is 33.9 Å². The van der Waals surface area contributed by atoms with E-state index in [9.17, 15) is 14.7 Å². The zero-order valence-electron chi connectivity index (χ0n) is 20.2. The minimum absolute atomic E-state index is 0.205. The van der Waals surface area contributed by atoms with Gasteiger partial charge in [-0.3, -0.25) is 4.98 Å². The van der Waals surface area contributed by atoms with Gasteiger partial charge in [0.15, 0.2) is 6.29 Å². The van der Waals surface area contributed by atoms with E-state index in [4.69, 9.17) is 14.5 Å². The van der Waals surface area contributed by atoms with Crippen LogP contribution in [-0.2, 0) is 16.0 Å². The van der Waals surface area contributed by atoms with Crippen LogP contribution in [0.2, 0.25) is 0 Å². The van der Waals surface area contributed by atoms with Crippen molar-refractivity contribution in [3.63, 3.8) is 0 Å². The molecule has 3 aromatic carbocycles. The number of hydrogen-bond donors (Lipinski definition) is 1. The van der Waals surface area contributed by atoms with E-state index in [-0.39, 0.29) is 5.56 Å². The quantitative estimate of drug-likeness (QED) is 0.358. The number of aromatic carboxylic acids is 1. The van der Waals surface area contributed by atoms with Crippen LogP contribution in [0, 0.1) is 6.92 Å². The summed E-state index contributed by atoms with van der Waals surface area (Å²) < 4.78 is 12.1. The molecule has 0 spiro atoms. The van der Waals surface area contributed by atoms with Crippen molar-refractivity contribution in [3.05, 3.63) is 70.9 Å². The van der Waals surface area contributed by atoms with Crippen LogP contribution < -0.4 is 4.74 Å². The molecule has 1 aliphatic rings. The van der Waals surface area contributed by atoms with Crippen LogP contribution in [-0.4, -0.2) is 34.6 Å². The molecule has 2 heterocycles. The molecule has 6 heteroatoms. The van der Waals surface area contributed by atoms with Crippen molar-refractivity contribution in [1.82, 2.24) is 4.98 Å². The number of ether oxygens (including phenoxy) is 2. The summed E-state index contributed by atoms with van der Waals surface area (Å²) in [5.74, 6) is -0.194. The van der Waals surface area contributed by atoms with Crippen LogP contribution >= 0.6 is 0 Å². The van der Waals surface area contributed by atoms with Crippen molar-refractivity contribution in [1.29, 1.82) is 0 Å². The number of carbonyl (C=O) groups excluding carboxylic acids is 1. The summed E-state index contributed by atoms with van der Waals surface area (Å²) in [6, 6.07) is 12.9. The molecule has 0 saturated heterocycles. The fourth-order valence-corrected chi connectivity index (χ4v) is 4.99. The highest BCUT2D eigenvalue weighted by Crippen LogP contribution is 2.44. The number of nitrogens with zero attached hydrogens (tertiary/aromatic N) is 1. The van der Waals surface area contributed by atoms with Gasteiger partial charge in [-0.15, -0.1) is 0 Å². The van der Waals surface area contributed by atoms with Crippen molar-refractivity contribution in [2.24, 2.45) is 0 Å². The maximum Gasteiger partial charge on any atom is 0.335 e. The normalized spacial score (nSPS) is 14.1. The number of pyridine rings is 1. The highest BCUT2D eigenvalue weighted by atomic mass is 16.5. The van der Waals surface area contributed by atoms with Crippen LogP contribution in [0.15, 0.2) is 48.7 Å². The van der Waals surface area contributed by atoms with Crippen molar-refractivity contribution in [2.45, 2.75) is 45.8 Å². The number of fused-ring (bicyclic) bond motifs is 1. The van der Waals surface area contributed by atoms with Gasteiger partial charge >= 0.3 is 5.97 Å². The number of carboxylic acids is 1. The molecule has 0 fully saturated rings. The molecule has 1 atom stereocenters. The van der Waals surface area contributed by atoms with Gasteiger partial charge in [-0.25, -0.2) is 4.79 Å². The van der Waals surface area contributed by atoms with E-state index in [1.165, 1.54) is 5.56 Å². The number of hydrogen-bond acceptors (Lipinski definition) is 5. The van der Waals surface area contributed by atoms with E-state index in [0.717, 1.165) is 62.4 Å². The lowest BCUT2D eigenvalue weighted by molar-refractivity contribution is -0.128. The largest absolute Gasteiger partial charge is 0.493 e. The number of aldehydes is 1. The zero-order valence-corrected chi connectivity index (χ0v) is 20.2. The summed E-state index contributed by atoms with van der Waals surface area (Å²) in [4.78, 5) is 28.8. The van der Waals surface area contributed by atoms with E-state index in [1.807, 2.05) is 58.0 Å². The van der Waals surface area contributed by atoms with Gasteiger partial charge in [0, 0.05) is 23.6 Å². The highest BCUT2D eigenvalue weighted by Gasteiger charge is 2.28. The number of carbonyl (C=O) groups is 2. The Kier molecular flexibility index (Phi) is 5.56. The first-order valence-electron chi connectivity index (χ1n) is 11.7. The molecule has 5 rings (SSSR count). The summed E-state index contributed by atoms with van der Waals surface area (Å²) in [7, 11) is 0. The number of rotatable bonds is 5. The minimum atomic E-state index is -0.989. The molecule has 1 aliphatic heterocycles. The first kappa shape index (κ1) is 23.0. The fourth-order valence-electron chi connectivity index (χ4n) is 4.99. The lowest BCUT2D eigenvalue weighted by atomic mass is 9.85. The molecular weight excluding hydrogens is 442 g/mol. The van der Waals surface area contributed by atoms with Crippen molar-refractivity contribution in [2.75, 3.05) is 6.61 Å². The van der Waals surface area contributed by atoms with Crippen molar-refractivity contribution in [3.8, 4) is 16.9 Å². The predicted octanol–water partition coefficient (Wildman–Crippen LogP) is 6.05. The third kappa shape index (κ3) is 4.04. The van der Waals surface area contributed by atoms with Gasteiger partial charge in [-0.1, -0.05) is 12.1 Å². The Hall–Kier alpha value is -3.77. The number of aryl methyl sites for hydroxylation is 1. The van der Waals surface area contributed by atoms with E-state index in [1.54, 1.807) is 18.3 Å². The summed E-state index contributed by atoms with van der Waals surface area (Å²) in [6.45, 7) is 8.30. The SMILES string of the molecule is Cc1cc2cc(C(=O)O)ccc2c(-c2ccc3c4c(ccnc24)CCO3)c1C(C=O)OC(C)(C)C. The molecule has 0 saturated carbocycles. The molecule has 6 nitrogen and oxygen atoms in total. The predicted molar refractivity (Wildman–Crippen MR) is 135 cm³/mol. The molecule has 4 aromatic rings. The standard InChI is InChI=1S/C29H27NO5/c1-16-13-19-14-18(28(32)33)5-6-20(19)26(24(16)23(15-31)35-29(2,3)4)21-7-8-22-25-17(10-12-34-22)9-11-30-27(21)25/h5-9,11,13-15,23H,10,12H2,1-4H3,(H,32,33). The van der Waals surface area contributed by atoms with Gasteiger partial charge in [0.1, 0.15) is 11.9 Å². The highest BCUT2D eigenvalue weighted by molar-refractivity contribution is 6.09. The lowest BCUT2D eigenvalue weighted by Gasteiger charge is -2.28. The monoisotopic (exact) mass is 469 g/mol. The molecule has 35 heavy (non-hydrogen) atoms.